The minimum Gasteiger partial charge on any atom is -0.478 e. The first kappa shape index (κ1) is 15.2. The smallest absolute Gasteiger partial charge is 0.330 e. The van der Waals surface area contributed by atoms with E-state index in [-0.39, 0.29) is 0 Å². The maximum absolute atomic E-state index is 10.7. The average Bonchev–Trinajstić information content (AvgIpc) is 2.24. The summed E-state index contributed by atoms with van der Waals surface area (Å²) < 4.78 is 0. The van der Waals surface area contributed by atoms with Gasteiger partial charge in [0, 0.05) is 11.6 Å². The Morgan fingerprint density at radius 1 is 1.31 bits per heavy atom. The van der Waals surface area contributed by atoms with Crippen LogP contribution in [0.15, 0.2) is 11.6 Å². The molecule has 0 radical (unpaired) electrons. The van der Waals surface area contributed by atoms with Crippen LogP contribution in [0.5, 0.6) is 0 Å². The summed E-state index contributed by atoms with van der Waals surface area (Å²) in [6, 6.07) is 0.425. The van der Waals surface area contributed by atoms with Crippen molar-refractivity contribution in [2.24, 2.45) is 0 Å². The molecule has 0 aromatic rings. The second-order valence-corrected chi connectivity index (χ2v) is 4.31. The van der Waals surface area contributed by atoms with Gasteiger partial charge >= 0.3 is 5.97 Å². The number of carbonyl (C=O) groups is 1. The molecule has 1 atom stereocenters. The van der Waals surface area contributed by atoms with Crippen LogP contribution in [0.2, 0.25) is 0 Å². The van der Waals surface area contributed by atoms with Crippen LogP contribution in [0, 0.1) is 0 Å². The number of aliphatic carboxylic acids is 1. The third-order valence-corrected chi connectivity index (χ3v) is 2.75. The van der Waals surface area contributed by atoms with Crippen molar-refractivity contribution in [3.8, 4) is 0 Å². The summed E-state index contributed by atoms with van der Waals surface area (Å²) in [5.74, 6) is -0.815. The molecular formula is C13H25NO2. The quantitative estimate of drug-likeness (QED) is 0.648. The molecule has 0 saturated carbocycles. The lowest BCUT2D eigenvalue weighted by atomic mass is 10.1. The van der Waals surface area contributed by atoms with Gasteiger partial charge in [0.15, 0.2) is 0 Å². The topological polar surface area (TPSA) is 40.5 Å². The highest BCUT2D eigenvalue weighted by molar-refractivity contribution is 5.85. The Morgan fingerprint density at radius 2 is 1.81 bits per heavy atom. The summed E-state index contributed by atoms with van der Waals surface area (Å²) in [6.45, 7) is 10.3. The molecule has 3 heteroatoms. The largest absolute Gasteiger partial charge is 0.478 e. The minimum atomic E-state index is -0.815. The molecule has 94 valence electrons. The Labute approximate surface area is 99.1 Å². The molecule has 0 aliphatic rings. The van der Waals surface area contributed by atoms with E-state index in [2.05, 4.69) is 25.7 Å². The SMILES string of the molecule is CCCN(CCC)C(C)CC=C(C)C(=O)O. The fraction of sp³-hybridized carbons (Fsp3) is 0.769. The fourth-order valence-corrected chi connectivity index (χ4v) is 1.71. The van der Waals surface area contributed by atoms with Gasteiger partial charge in [-0.1, -0.05) is 19.9 Å². The lowest BCUT2D eigenvalue weighted by molar-refractivity contribution is -0.132. The maximum atomic E-state index is 10.7. The van der Waals surface area contributed by atoms with Gasteiger partial charge in [-0.3, -0.25) is 0 Å². The molecule has 0 aliphatic carbocycles. The first-order chi connectivity index (χ1) is 7.52. The predicted octanol–water partition coefficient (Wildman–Crippen LogP) is 2.92. The van der Waals surface area contributed by atoms with Crippen LogP contribution in [0.1, 0.15) is 47.0 Å². The molecule has 1 unspecified atom stereocenters. The standard InChI is InChI=1S/C13H25NO2/c1-5-9-14(10-6-2)12(4)8-7-11(3)13(15)16/h7,12H,5-6,8-10H2,1-4H3,(H,15,16). The van der Waals surface area contributed by atoms with Crippen molar-refractivity contribution < 1.29 is 9.90 Å². The molecule has 0 aromatic carbocycles. The van der Waals surface area contributed by atoms with Crippen LogP contribution in [0.3, 0.4) is 0 Å². The zero-order chi connectivity index (χ0) is 12.6. The van der Waals surface area contributed by atoms with E-state index >= 15 is 0 Å². The molecule has 0 fully saturated rings. The van der Waals surface area contributed by atoms with Gasteiger partial charge in [-0.15, -0.1) is 0 Å². The van der Waals surface area contributed by atoms with Gasteiger partial charge < -0.3 is 10.0 Å². The van der Waals surface area contributed by atoms with Gasteiger partial charge in [-0.05, 0) is 46.2 Å². The van der Waals surface area contributed by atoms with Gasteiger partial charge in [0.05, 0.1) is 0 Å². The lowest BCUT2D eigenvalue weighted by Crippen LogP contribution is -2.34. The van der Waals surface area contributed by atoms with Crippen molar-refractivity contribution >= 4 is 5.97 Å². The summed E-state index contributed by atoms with van der Waals surface area (Å²) in [6.07, 6.45) is 4.93. The predicted molar refractivity (Wildman–Crippen MR) is 67.6 cm³/mol. The summed E-state index contributed by atoms with van der Waals surface area (Å²) in [4.78, 5) is 13.1. The first-order valence-corrected chi connectivity index (χ1v) is 6.17. The van der Waals surface area contributed by atoms with Crippen LogP contribution < -0.4 is 0 Å². The molecule has 16 heavy (non-hydrogen) atoms. The van der Waals surface area contributed by atoms with Crippen LogP contribution in [-0.4, -0.2) is 35.1 Å². The van der Waals surface area contributed by atoms with Crippen molar-refractivity contribution in [2.75, 3.05) is 13.1 Å². The van der Waals surface area contributed by atoms with Crippen molar-refractivity contribution in [2.45, 2.75) is 53.0 Å². The molecule has 0 bridgehead atoms. The van der Waals surface area contributed by atoms with Gasteiger partial charge in [0.25, 0.3) is 0 Å². The molecule has 0 aliphatic heterocycles. The minimum absolute atomic E-state index is 0.425. The van der Waals surface area contributed by atoms with E-state index in [1.165, 1.54) is 0 Å². The van der Waals surface area contributed by atoms with Gasteiger partial charge in [-0.2, -0.15) is 0 Å². The summed E-state index contributed by atoms with van der Waals surface area (Å²) >= 11 is 0. The van der Waals surface area contributed by atoms with Crippen LogP contribution in [-0.2, 0) is 4.79 Å². The second-order valence-electron chi connectivity index (χ2n) is 4.31. The molecule has 0 aromatic heterocycles. The number of carboxylic acids is 1. The Hall–Kier alpha value is -0.830. The lowest BCUT2D eigenvalue weighted by Gasteiger charge is -2.27. The van der Waals surface area contributed by atoms with E-state index in [1.807, 2.05) is 6.08 Å². The van der Waals surface area contributed by atoms with Crippen LogP contribution in [0.25, 0.3) is 0 Å². The zero-order valence-electron chi connectivity index (χ0n) is 11.0. The van der Waals surface area contributed by atoms with Gasteiger partial charge in [-0.25, -0.2) is 4.79 Å². The van der Waals surface area contributed by atoms with E-state index in [4.69, 9.17) is 5.11 Å². The average molecular weight is 227 g/mol. The Kier molecular flexibility index (Phi) is 7.90. The molecule has 1 N–H and O–H groups in total. The van der Waals surface area contributed by atoms with Crippen molar-refractivity contribution in [3.05, 3.63) is 11.6 Å². The number of rotatable bonds is 8. The van der Waals surface area contributed by atoms with Crippen molar-refractivity contribution in [1.29, 1.82) is 0 Å². The second kappa shape index (κ2) is 8.34. The van der Waals surface area contributed by atoms with Crippen molar-refractivity contribution in [1.82, 2.24) is 4.90 Å². The number of carboxylic acid groups (broad SMARTS) is 1. The highest BCUT2D eigenvalue weighted by atomic mass is 16.4. The Morgan fingerprint density at radius 3 is 2.19 bits per heavy atom. The summed E-state index contributed by atoms with van der Waals surface area (Å²) in [7, 11) is 0. The van der Waals surface area contributed by atoms with Gasteiger partial charge in [0.1, 0.15) is 0 Å². The van der Waals surface area contributed by atoms with Crippen molar-refractivity contribution in [3.63, 3.8) is 0 Å². The van der Waals surface area contributed by atoms with E-state index in [1.54, 1.807) is 6.92 Å². The molecule has 0 saturated heterocycles. The normalized spacial score (nSPS) is 14.2. The molecule has 3 nitrogen and oxygen atoms in total. The molecular weight excluding hydrogens is 202 g/mol. The third kappa shape index (κ3) is 5.91. The van der Waals surface area contributed by atoms with Gasteiger partial charge in [0.2, 0.25) is 0 Å². The molecule has 0 amide bonds. The Balaban J connectivity index is 4.23. The molecule has 0 heterocycles. The highest BCUT2D eigenvalue weighted by Crippen LogP contribution is 2.08. The number of hydrogen-bond acceptors (Lipinski definition) is 2. The van der Waals surface area contributed by atoms with E-state index in [0.717, 1.165) is 32.4 Å². The summed E-state index contributed by atoms with van der Waals surface area (Å²) in [5, 5.41) is 8.76. The number of nitrogens with zero attached hydrogens (tertiary/aromatic N) is 1. The van der Waals surface area contributed by atoms with E-state index in [9.17, 15) is 4.79 Å². The third-order valence-electron chi connectivity index (χ3n) is 2.75. The highest BCUT2D eigenvalue weighted by Gasteiger charge is 2.11. The molecule has 0 spiro atoms. The van der Waals surface area contributed by atoms with Crippen LogP contribution >= 0.6 is 0 Å². The summed E-state index contributed by atoms with van der Waals surface area (Å²) in [5.41, 5.74) is 0.444. The zero-order valence-corrected chi connectivity index (χ0v) is 11.0. The van der Waals surface area contributed by atoms with E-state index in [0.29, 0.717) is 11.6 Å². The Bertz CT molecular complexity index is 230. The molecule has 0 rings (SSSR count). The number of hydrogen-bond donors (Lipinski definition) is 1. The van der Waals surface area contributed by atoms with E-state index < -0.39 is 5.97 Å². The monoisotopic (exact) mass is 227 g/mol. The fourth-order valence-electron chi connectivity index (χ4n) is 1.71. The van der Waals surface area contributed by atoms with Crippen LogP contribution in [0.4, 0.5) is 0 Å². The maximum Gasteiger partial charge on any atom is 0.330 e. The first-order valence-electron chi connectivity index (χ1n) is 6.17.